The van der Waals surface area contributed by atoms with E-state index in [0.29, 0.717) is 35.8 Å². The Balaban J connectivity index is 2.15. The minimum atomic E-state index is -2.65. The number of rotatable bonds is 12. The lowest BCUT2D eigenvalue weighted by Gasteiger charge is -2.24. The highest BCUT2D eigenvalue weighted by atomic mass is 28.4. The largest absolute Gasteiger partial charge is 0.500 e. The summed E-state index contributed by atoms with van der Waals surface area (Å²) in [7, 11) is 2.08. The SMILES string of the molecule is C=Cc1ccc(C(=O)C(=O)c2ccccc2)c(NCCC[Si](OC)(OC)OC)c1. The van der Waals surface area contributed by atoms with E-state index in [9.17, 15) is 9.59 Å². The second-order valence-electron chi connectivity index (χ2n) is 6.36. The number of ketones is 2. The van der Waals surface area contributed by atoms with Crippen LogP contribution in [0, 0.1) is 0 Å². The van der Waals surface area contributed by atoms with Crippen LogP contribution in [0.25, 0.3) is 6.08 Å². The normalized spacial score (nSPS) is 11.1. The Hall–Kier alpha value is -2.58. The van der Waals surface area contributed by atoms with Crippen molar-refractivity contribution in [3.63, 3.8) is 0 Å². The second-order valence-corrected chi connectivity index (χ2v) is 9.45. The van der Waals surface area contributed by atoms with Gasteiger partial charge in [0.1, 0.15) is 0 Å². The van der Waals surface area contributed by atoms with Gasteiger partial charge in [0, 0.05) is 50.7 Å². The molecule has 2 rings (SSSR count). The fourth-order valence-electron chi connectivity index (χ4n) is 2.96. The van der Waals surface area contributed by atoms with Crippen LogP contribution in [0.5, 0.6) is 0 Å². The summed E-state index contributed by atoms with van der Waals surface area (Å²) in [5.41, 5.74) is 2.15. The quantitative estimate of drug-likeness (QED) is 0.245. The molecule has 0 aromatic heterocycles. The van der Waals surface area contributed by atoms with Crippen LogP contribution in [0.4, 0.5) is 5.69 Å². The lowest BCUT2D eigenvalue weighted by atomic mass is 9.98. The molecule has 0 aliphatic carbocycles. The number of carbonyl (C=O) groups is 2. The van der Waals surface area contributed by atoms with Crippen molar-refractivity contribution in [3.05, 3.63) is 71.8 Å². The van der Waals surface area contributed by atoms with Crippen molar-refractivity contribution >= 4 is 32.1 Å². The number of hydrogen-bond acceptors (Lipinski definition) is 6. The van der Waals surface area contributed by atoms with Gasteiger partial charge in [-0.3, -0.25) is 9.59 Å². The fourth-order valence-corrected chi connectivity index (χ4v) is 4.68. The Morgan fingerprint density at radius 1 is 1.00 bits per heavy atom. The predicted molar refractivity (Wildman–Crippen MR) is 116 cm³/mol. The molecule has 0 fully saturated rings. The molecule has 0 saturated heterocycles. The summed E-state index contributed by atoms with van der Waals surface area (Å²) in [6, 6.07) is 14.4. The monoisotopic (exact) mass is 413 g/mol. The molecule has 0 heterocycles. The van der Waals surface area contributed by atoms with Gasteiger partial charge in [0.15, 0.2) is 0 Å². The Kier molecular flexibility index (Phi) is 8.47. The summed E-state index contributed by atoms with van der Waals surface area (Å²) in [6.45, 7) is 4.33. The van der Waals surface area contributed by atoms with Crippen molar-refractivity contribution < 1.29 is 22.9 Å². The molecule has 0 aliphatic rings. The zero-order valence-electron chi connectivity index (χ0n) is 17.1. The first-order valence-corrected chi connectivity index (χ1v) is 11.2. The van der Waals surface area contributed by atoms with Crippen molar-refractivity contribution in [1.29, 1.82) is 0 Å². The first-order chi connectivity index (χ1) is 14.0. The maximum Gasteiger partial charge on any atom is 0.500 e. The van der Waals surface area contributed by atoms with Crippen LogP contribution in [-0.2, 0) is 13.3 Å². The molecule has 0 spiro atoms. The zero-order chi connectivity index (χ0) is 21.3. The van der Waals surface area contributed by atoms with E-state index in [1.165, 1.54) is 0 Å². The average Bonchev–Trinajstić information content (AvgIpc) is 2.79. The van der Waals surface area contributed by atoms with Gasteiger partial charge in [-0.25, -0.2) is 0 Å². The van der Waals surface area contributed by atoms with Crippen molar-refractivity contribution in [2.45, 2.75) is 12.5 Å². The van der Waals surface area contributed by atoms with Crippen LogP contribution in [0.15, 0.2) is 55.1 Å². The minimum Gasteiger partial charge on any atom is -0.384 e. The smallest absolute Gasteiger partial charge is 0.384 e. The molecule has 154 valence electrons. The molecule has 0 amide bonds. The van der Waals surface area contributed by atoms with E-state index in [-0.39, 0.29) is 0 Å². The van der Waals surface area contributed by atoms with E-state index < -0.39 is 20.4 Å². The Morgan fingerprint density at radius 2 is 1.66 bits per heavy atom. The first-order valence-electron chi connectivity index (χ1n) is 9.30. The molecule has 0 saturated carbocycles. The van der Waals surface area contributed by atoms with Gasteiger partial charge in [0.2, 0.25) is 11.6 Å². The molecular formula is C22H27NO5Si. The first kappa shape index (κ1) is 22.7. The lowest BCUT2D eigenvalue weighted by Crippen LogP contribution is -2.42. The van der Waals surface area contributed by atoms with Gasteiger partial charge in [-0.2, -0.15) is 0 Å². The van der Waals surface area contributed by atoms with E-state index in [1.807, 2.05) is 6.07 Å². The molecule has 2 aromatic carbocycles. The molecule has 2 aromatic rings. The Labute approximate surface area is 172 Å². The fraction of sp³-hybridized carbons (Fsp3) is 0.273. The van der Waals surface area contributed by atoms with Crippen molar-refractivity contribution in [2.24, 2.45) is 0 Å². The van der Waals surface area contributed by atoms with Crippen LogP contribution in [0.2, 0.25) is 6.04 Å². The molecule has 0 atom stereocenters. The maximum absolute atomic E-state index is 12.8. The molecule has 0 aliphatic heterocycles. The maximum atomic E-state index is 12.8. The summed E-state index contributed by atoms with van der Waals surface area (Å²) in [6.07, 6.45) is 2.40. The lowest BCUT2D eigenvalue weighted by molar-refractivity contribution is 0.0817. The van der Waals surface area contributed by atoms with Gasteiger partial charge in [0.25, 0.3) is 0 Å². The van der Waals surface area contributed by atoms with Gasteiger partial charge < -0.3 is 18.6 Å². The van der Waals surface area contributed by atoms with E-state index >= 15 is 0 Å². The number of Topliss-reactive ketones (excluding diaryl/α,β-unsaturated/α-hetero) is 2. The highest BCUT2D eigenvalue weighted by molar-refractivity contribution is 6.60. The molecule has 6 nitrogen and oxygen atoms in total. The molecular weight excluding hydrogens is 386 g/mol. The van der Waals surface area contributed by atoms with E-state index in [1.54, 1.807) is 69.9 Å². The number of carbonyl (C=O) groups excluding carboxylic acids is 2. The van der Waals surface area contributed by atoms with Gasteiger partial charge >= 0.3 is 8.80 Å². The van der Waals surface area contributed by atoms with Gasteiger partial charge in [-0.15, -0.1) is 0 Å². The van der Waals surface area contributed by atoms with Gasteiger partial charge in [-0.1, -0.05) is 49.1 Å². The topological polar surface area (TPSA) is 73.9 Å². The number of benzene rings is 2. The summed E-state index contributed by atoms with van der Waals surface area (Å²) < 4.78 is 16.3. The summed E-state index contributed by atoms with van der Waals surface area (Å²) in [5, 5.41) is 3.25. The third-order valence-corrected chi connectivity index (χ3v) is 7.51. The molecule has 1 N–H and O–H groups in total. The van der Waals surface area contributed by atoms with Crippen molar-refractivity contribution in [1.82, 2.24) is 0 Å². The van der Waals surface area contributed by atoms with Crippen LogP contribution >= 0.6 is 0 Å². The number of hydrogen-bond donors (Lipinski definition) is 1. The highest BCUT2D eigenvalue weighted by Crippen LogP contribution is 2.22. The van der Waals surface area contributed by atoms with Gasteiger partial charge in [0.05, 0.1) is 0 Å². The van der Waals surface area contributed by atoms with E-state index in [2.05, 4.69) is 11.9 Å². The molecule has 0 bridgehead atoms. The molecule has 0 radical (unpaired) electrons. The standard InChI is InChI=1S/C22H27NO5Si/c1-5-17-12-13-19(22(25)21(24)18-10-7-6-8-11-18)20(16-17)23-14-9-15-29(26-2,27-3)28-4/h5-8,10-13,16,23H,1,9,14-15H2,2-4H3. The predicted octanol–water partition coefficient (Wildman–Crippen LogP) is 4.08. The summed E-state index contributed by atoms with van der Waals surface area (Å²) in [5.74, 6) is -1.09. The third-order valence-electron chi connectivity index (χ3n) is 4.67. The average molecular weight is 414 g/mol. The highest BCUT2D eigenvalue weighted by Gasteiger charge is 2.36. The Morgan fingerprint density at radius 3 is 2.24 bits per heavy atom. The molecule has 0 unspecified atom stereocenters. The Bertz CT molecular complexity index is 841. The summed E-state index contributed by atoms with van der Waals surface area (Å²) in [4.78, 5) is 25.4. The van der Waals surface area contributed by atoms with Crippen molar-refractivity contribution in [2.75, 3.05) is 33.2 Å². The van der Waals surface area contributed by atoms with Crippen LogP contribution in [-0.4, -0.2) is 48.2 Å². The third kappa shape index (κ3) is 5.71. The second kappa shape index (κ2) is 10.8. The van der Waals surface area contributed by atoms with Crippen LogP contribution < -0.4 is 5.32 Å². The van der Waals surface area contributed by atoms with Crippen molar-refractivity contribution in [3.8, 4) is 0 Å². The summed E-state index contributed by atoms with van der Waals surface area (Å²) >= 11 is 0. The minimum absolute atomic E-state index is 0.332. The van der Waals surface area contributed by atoms with E-state index in [0.717, 1.165) is 5.56 Å². The van der Waals surface area contributed by atoms with Crippen LogP contribution in [0.1, 0.15) is 32.7 Å². The molecule has 7 heteroatoms. The zero-order valence-corrected chi connectivity index (χ0v) is 18.1. The number of anilines is 1. The van der Waals surface area contributed by atoms with E-state index in [4.69, 9.17) is 13.3 Å². The van der Waals surface area contributed by atoms with Crippen LogP contribution in [0.3, 0.4) is 0 Å². The number of nitrogens with one attached hydrogen (secondary N) is 1. The molecule has 29 heavy (non-hydrogen) atoms. The van der Waals surface area contributed by atoms with Gasteiger partial charge in [-0.05, 0) is 24.1 Å².